The van der Waals surface area contributed by atoms with E-state index in [4.69, 9.17) is 5.14 Å². The van der Waals surface area contributed by atoms with Gasteiger partial charge >= 0.3 is 0 Å². The standard InChI is InChI=1S/C7H18N4O2S/c1-10-4-6-11(7-5-10)3-2-9-14(8,12)13/h9H,2-7H2,1H3,(H2,8,12,13). The molecule has 3 N–H and O–H groups in total. The van der Waals surface area contributed by atoms with Gasteiger partial charge in [0.15, 0.2) is 0 Å². The summed E-state index contributed by atoms with van der Waals surface area (Å²) in [5.41, 5.74) is 0. The Kier molecular flexibility index (Phi) is 4.27. The molecule has 7 heteroatoms. The smallest absolute Gasteiger partial charge is 0.274 e. The topological polar surface area (TPSA) is 78.7 Å². The Morgan fingerprint density at radius 1 is 1.29 bits per heavy atom. The summed E-state index contributed by atoms with van der Waals surface area (Å²) >= 11 is 0. The van der Waals surface area contributed by atoms with E-state index in [0.717, 1.165) is 32.7 Å². The second kappa shape index (κ2) is 5.04. The highest BCUT2D eigenvalue weighted by Crippen LogP contribution is 1.97. The Morgan fingerprint density at radius 3 is 2.36 bits per heavy atom. The predicted octanol–water partition coefficient (Wildman–Crippen LogP) is -1.97. The van der Waals surface area contributed by atoms with Crippen molar-refractivity contribution < 1.29 is 8.42 Å². The van der Waals surface area contributed by atoms with Crippen LogP contribution in [0.4, 0.5) is 0 Å². The summed E-state index contributed by atoms with van der Waals surface area (Å²) in [6.07, 6.45) is 0. The summed E-state index contributed by atoms with van der Waals surface area (Å²) in [4.78, 5) is 4.47. The van der Waals surface area contributed by atoms with Crippen molar-refractivity contribution in [3.63, 3.8) is 0 Å². The zero-order valence-electron chi connectivity index (χ0n) is 8.44. The molecule has 0 atom stereocenters. The minimum Gasteiger partial charge on any atom is -0.304 e. The van der Waals surface area contributed by atoms with Crippen molar-refractivity contribution in [1.82, 2.24) is 14.5 Å². The molecule has 1 aliphatic rings. The molecule has 1 fully saturated rings. The van der Waals surface area contributed by atoms with E-state index in [-0.39, 0.29) is 0 Å². The van der Waals surface area contributed by atoms with Gasteiger partial charge in [-0.15, -0.1) is 0 Å². The lowest BCUT2D eigenvalue weighted by atomic mass is 10.3. The van der Waals surface area contributed by atoms with Gasteiger partial charge in [0.1, 0.15) is 0 Å². The first kappa shape index (κ1) is 11.9. The highest BCUT2D eigenvalue weighted by atomic mass is 32.2. The molecule has 1 aliphatic heterocycles. The summed E-state index contributed by atoms with van der Waals surface area (Å²) in [7, 11) is -1.44. The van der Waals surface area contributed by atoms with Gasteiger partial charge in [-0.1, -0.05) is 0 Å². The zero-order valence-corrected chi connectivity index (χ0v) is 9.26. The van der Waals surface area contributed by atoms with Crippen molar-refractivity contribution in [2.75, 3.05) is 46.3 Å². The average molecular weight is 222 g/mol. The van der Waals surface area contributed by atoms with E-state index in [1.54, 1.807) is 0 Å². The molecule has 0 radical (unpaired) electrons. The molecule has 0 amide bonds. The summed E-state index contributed by atoms with van der Waals surface area (Å²) < 4.78 is 23.4. The largest absolute Gasteiger partial charge is 0.304 e. The molecule has 1 saturated heterocycles. The fourth-order valence-electron chi connectivity index (χ4n) is 1.42. The van der Waals surface area contributed by atoms with Gasteiger partial charge in [-0.3, -0.25) is 4.90 Å². The monoisotopic (exact) mass is 222 g/mol. The molecule has 6 nitrogen and oxygen atoms in total. The molecule has 14 heavy (non-hydrogen) atoms. The van der Waals surface area contributed by atoms with Crippen molar-refractivity contribution in [1.29, 1.82) is 0 Å². The van der Waals surface area contributed by atoms with Gasteiger partial charge in [0.2, 0.25) is 0 Å². The van der Waals surface area contributed by atoms with Crippen LogP contribution in [-0.2, 0) is 10.2 Å². The molecule has 0 saturated carbocycles. The van der Waals surface area contributed by atoms with E-state index >= 15 is 0 Å². The van der Waals surface area contributed by atoms with Gasteiger partial charge in [-0.2, -0.15) is 8.42 Å². The maximum Gasteiger partial charge on any atom is 0.274 e. The van der Waals surface area contributed by atoms with Gasteiger partial charge < -0.3 is 4.90 Å². The summed E-state index contributed by atoms with van der Waals surface area (Å²) in [6, 6.07) is 0. The van der Waals surface area contributed by atoms with E-state index in [1.165, 1.54) is 0 Å². The maximum atomic E-state index is 10.6. The van der Waals surface area contributed by atoms with Crippen LogP contribution in [0.2, 0.25) is 0 Å². The molecule has 1 rings (SSSR count). The van der Waals surface area contributed by atoms with Crippen LogP contribution in [0.1, 0.15) is 0 Å². The fourth-order valence-corrected chi connectivity index (χ4v) is 1.79. The predicted molar refractivity (Wildman–Crippen MR) is 55.0 cm³/mol. The molecule has 0 aromatic heterocycles. The van der Waals surface area contributed by atoms with Crippen LogP contribution in [0.5, 0.6) is 0 Å². The van der Waals surface area contributed by atoms with Gasteiger partial charge in [0.05, 0.1) is 0 Å². The van der Waals surface area contributed by atoms with Crippen molar-refractivity contribution >= 4 is 10.2 Å². The highest BCUT2D eigenvalue weighted by molar-refractivity contribution is 7.87. The second-order valence-corrected chi connectivity index (χ2v) is 4.96. The number of nitrogens with zero attached hydrogens (tertiary/aromatic N) is 2. The first-order valence-corrected chi connectivity index (χ1v) is 6.20. The fraction of sp³-hybridized carbons (Fsp3) is 1.00. The van der Waals surface area contributed by atoms with Gasteiger partial charge in [0.25, 0.3) is 10.2 Å². The molecular formula is C7H18N4O2S. The lowest BCUT2D eigenvalue weighted by molar-refractivity contribution is 0.156. The zero-order chi connectivity index (χ0) is 10.6. The molecule has 1 heterocycles. The van der Waals surface area contributed by atoms with Crippen LogP contribution in [0.15, 0.2) is 0 Å². The Morgan fingerprint density at radius 2 is 1.86 bits per heavy atom. The normalized spacial score (nSPS) is 21.3. The number of hydrogen-bond acceptors (Lipinski definition) is 4. The van der Waals surface area contributed by atoms with E-state index < -0.39 is 10.2 Å². The third kappa shape index (κ3) is 4.87. The van der Waals surface area contributed by atoms with Gasteiger partial charge in [-0.25, -0.2) is 9.86 Å². The average Bonchev–Trinajstić information content (AvgIpc) is 2.06. The molecule has 0 spiro atoms. The highest BCUT2D eigenvalue weighted by Gasteiger charge is 2.13. The lowest BCUT2D eigenvalue weighted by Gasteiger charge is -2.32. The van der Waals surface area contributed by atoms with Crippen molar-refractivity contribution in [2.45, 2.75) is 0 Å². The third-order valence-electron chi connectivity index (χ3n) is 2.33. The quantitative estimate of drug-likeness (QED) is 0.578. The molecular weight excluding hydrogens is 204 g/mol. The van der Waals surface area contributed by atoms with E-state index in [1.807, 2.05) is 0 Å². The Hall–Kier alpha value is -0.210. The molecule has 0 bridgehead atoms. The second-order valence-electron chi connectivity index (χ2n) is 3.58. The van der Waals surface area contributed by atoms with Crippen LogP contribution in [-0.4, -0.2) is 64.5 Å². The summed E-state index contributed by atoms with van der Waals surface area (Å²) in [5, 5.41) is 4.81. The molecule has 84 valence electrons. The van der Waals surface area contributed by atoms with Gasteiger partial charge in [0, 0.05) is 39.3 Å². The van der Waals surface area contributed by atoms with Crippen LogP contribution in [0, 0.1) is 0 Å². The SMILES string of the molecule is CN1CCN(CCNS(N)(=O)=O)CC1. The van der Waals surface area contributed by atoms with Crippen molar-refractivity contribution in [2.24, 2.45) is 5.14 Å². The minimum atomic E-state index is -3.52. The molecule has 0 aromatic rings. The number of likely N-dealkylation sites (N-methyl/N-ethyl adjacent to an activating group) is 1. The van der Waals surface area contributed by atoms with Crippen molar-refractivity contribution in [3.8, 4) is 0 Å². The minimum absolute atomic E-state index is 0.391. The molecule has 0 aromatic carbocycles. The number of nitrogens with one attached hydrogen (secondary N) is 1. The van der Waals surface area contributed by atoms with E-state index in [0.29, 0.717) is 6.54 Å². The van der Waals surface area contributed by atoms with E-state index in [9.17, 15) is 8.42 Å². The Bertz CT molecular complexity index is 259. The Labute approximate surface area is 85.2 Å². The maximum absolute atomic E-state index is 10.6. The van der Waals surface area contributed by atoms with Crippen molar-refractivity contribution in [3.05, 3.63) is 0 Å². The summed E-state index contributed by atoms with van der Waals surface area (Å²) in [6.45, 7) is 5.17. The van der Waals surface area contributed by atoms with Crippen LogP contribution >= 0.6 is 0 Å². The molecule has 0 unspecified atom stereocenters. The van der Waals surface area contributed by atoms with Gasteiger partial charge in [-0.05, 0) is 7.05 Å². The lowest BCUT2D eigenvalue weighted by Crippen LogP contribution is -2.47. The Balaban J connectivity index is 2.14. The number of hydrogen-bond donors (Lipinski definition) is 2. The molecule has 0 aliphatic carbocycles. The van der Waals surface area contributed by atoms with Crippen LogP contribution in [0.25, 0.3) is 0 Å². The third-order valence-corrected chi connectivity index (χ3v) is 2.93. The number of nitrogens with two attached hydrogens (primary N) is 1. The van der Waals surface area contributed by atoms with E-state index in [2.05, 4.69) is 21.6 Å². The van der Waals surface area contributed by atoms with Crippen LogP contribution < -0.4 is 9.86 Å². The van der Waals surface area contributed by atoms with Crippen LogP contribution in [0.3, 0.4) is 0 Å². The first-order chi connectivity index (χ1) is 6.47. The first-order valence-electron chi connectivity index (χ1n) is 4.66. The summed E-state index contributed by atoms with van der Waals surface area (Å²) in [5.74, 6) is 0. The number of piperazine rings is 1. The number of rotatable bonds is 4.